The van der Waals surface area contributed by atoms with Gasteiger partial charge in [0.25, 0.3) is 5.91 Å². The van der Waals surface area contributed by atoms with E-state index in [2.05, 4.69) is 20.8 Å². The SMILES string of the molecule is CCCCCCOC(CCCCCC)(C(N)=O)C(O)CCCCCC. The zero-order valence-electron chi connectivity index (χ0n) is 17.0. The summed E-state index contributed by atoms with van der Waals surface area (Å²) in [6.07, 6.45) is 13.2. The lowest BCUT2D eigenvalue weighted by Crippen LogP contribution is -2.55. The average molecular weight is 358 g/mol. The van der Waals surface area contributed by atoms with Crippen LogP contribution < -0.4 is 5.73 Å². The van der Waals surface area contributed by atoms with Gasteiger partial charge in [0.15, 0.2) is 5.60 Å². The Balaban J connectivity index is 4.77. The van der Waals surface area contributed by atoms with Crippen molar-refractivity contribution in [3.63, 3.8) is 0 Å². The number of ether oxygens (including phenoxy) is 1. The van der Waals surface area contributed by atoms with E-state index in [1.54, 1.807) is 0 Å². The normalized spacial score (nSPS) is 15.0. The van der Waals surface area contributed by atoms with Crippen LogP contribution in [0.2, 0.25) is 0 Å². The fraction of sp³-hybridized carbons (Fsp3) is 0.952. The number of hydrogen-bond donors (Lipinski definition) is 2. The fourth-order valence-electron chi connectivity index (χ4n) is 3.29. The standard InChI is InChI=1S/C21H43NO3/c1-4-7-10-13-16-19(23)21(20(22)24,17-14-11-8-5-2)25-18-15-12-9-6-3/h19,23H,4-18H2,1-3H3,(H2,22,24). The molecule has 0 heterocycles. The fourth-order valence-corrected chi connectivity index (χ4v) is 3.29. The van der Waals surface area contributed by atoms with E-state index in [-0.39, 0.29) is 0 Å². The van der Waals surface area contributed by atoms with Crippen LogP contribution in [0.4, 0.5) is 0 Å². The number of rotatable bonds is 18. The van der Waals surface area contributed by atoms with Gasteiger partial charge in [-0.3, -0.25) is 4.79 Å². The lowest BCUT2D eigenvalue weighted by molar-refractivity contribution is -0.166. The Hall–Kier alpha value is -0.610. The highest BCUT2D eigenvalue weighted by Gasteiger charge is 2.44. The van der Waals surface area contributed by atoms with Gasteiger partial charge in [-0.2, -0.15) is 0 Å². The molecule has 2 unspecified atom stereocenters. The lowest BCUT2D eigenvalue weighted by atomic mass is 9.86. The zero-order chi connectivity index (χ0) is 19.0. The summed E-state index contributed by atoms with van der Waals surface area (Å²) in [7, 11) is 0. The van der Waals surface area contributed by atoms with Gasteiger partial charge in [0.05, 0.1) is 6.10 Å². The summed E-state index contributed by atoms with van der Waals surface area (Å²) >= 11 is 0. The Labute approximate surface area is 155 Å². The molecule has 0 saturated heterocycles. The second-order valence-corrected chi connectivity index (χ2v) is 7.34. The largest absolute Gasteiger partial charge is 0.390 e. The Morgan fingerprint density at radius 3 is 1.92 bits per heavy atom. The highest BCUT2D eigenvalue weighted by atomic mass is 16.5. The number of aliphatic hydroxyl groups is 1. The predicted octanol–water partition coefficient (Wildman–Crippen LogP) is 5.11. The molecule has 0 aromatic rings. The van der Waals surface area contributed by atoms with E-state index in [1.165, 1.54) is 6.42 Å². The van der Waals surface area contributed by atoms with Gasteiger partial charge in [0.2, 0.25) is 0 Å². The van der Waals surface area contributed by atoms with Crippen molar-refractivity contribution in [2.75, 3.05) is 6.61 Å². The summed E-state index contributed by atoms with van der Waals surface area (Å²) in [5, 5.41) is 10.8. The van der Waals surface area contributed by atoms with Crippen LogP contribution in [0.1, 0.15) is 111 Å². The summed E-state index contributed by atoms with van der Waals surface area (Å²) in [6.45, 7) is 7.00. The third kappa shape index (κ3) is 10.2. The molecule has 0 bridgehead atoms. The van der Waals surface area contributed by atoms with E-state index in [4.69, 9.17) is 10.5 Å². The van der Waals surface area contributed by atoms with Crippen molar-refractivity contribution in [3.8, 4) is 0 Å². The number of amides is 1. The van der Waals surface area contributed by atoms with Crippen LogP contribution in [0, 0.1) is 0 Å². The van der Waals surface area contributed by atoms with Crippen LogP contribution in [0.3, 0.4) is 0 Å². The summed E-state index contributed by atoms with van der Waals surface area (Å²) in [6, 6.07) is 0. The highest BCUT2D eigenvalue weighted by Crippen LogP contribution is 2.28. The molecule has 0 aromatic heterocycles. The monoisotopic (exact) mass is 357 g/mol. The van der Waals surface area contributed by atoms with Crippen LogP contribution in [0.15, 0.2) is 0 Å². The molecule has 0 rings (SSSR count). The third-order valence-corrected chi connectivity index (χ3v) is 5.05. The first-order valence-electron chi connectivity index (χ1n) is 10.7. The van der Waals surface area contributed by atoms with Crippen molar-refractivity contribution < 1.29 is 14.6 Å². The average Bonchev–Trinajstić information content (AvgIpc) is 2.60. The first kappa shape index (κ1) is 24.4. The van der Waals surface area contributed by atoms with Crippen LogP contribution in [-0.4, -0.2) is 29.3 Å². The number of primary amides is 1. The van der Waals surface area contributed by atoms with Crippen molar-refractivity contribution in [2.24, 2.45) is 5.73 Å². The number of unbranched alkanes of at least 4 members (excludes halogenated alkanes) is 9. The first-order chi connectivity index (χ1) is 12.0. The van der Waals surface area contributed by atoms with E-state index in [0.717, 1.165) is 70.6 Å². The summed E-state index contributed by atoms with van der Waals surface area (Å²) in [5.74, 6) is -0.498. The molecule has 0 radical (unpaired) electrons. The molecule has 0 spiro atoms. The molecule has 0 aliphatic carbocycles. The molecule has 3 N–H and O–H groups in total. The van der Waals surface area contributed by atoms with Crippen molar-refractivity contribution in [2.45, 2.75) is 122 Å². The molecular weight excluding hydrogens is 314 g/mol. The van der Waals surface area contributed by atoms with Gasteiger partial charge in [0, 0.05) is 6.61 Å². The van der Waals surface area contributed by atoms with E-state index in [0.29, 0.717) is 19.4 Å². The Morgan fingerprint density at radius 2 is 1.40 bits per heavy atom. The van der Waals surface area contributed by atoms with E-state index in [9.17, 15) is 9.90 Å². The second-order valence-electron chi connectivity index (χ2n) is 7.34. The van der Waals surface area contributed by atoms with E-state index >= 15 is 0 Å². The zero-order valence-corrected chi connectivity index (χ0v) is 17.0. The van der Waals surface area contributed by atoms with Crippen LogP contribution in [0.5, 0.6) is 0 Å². The maximum atomic E-state index is 12.3. The first-order valence-corrected chi connectivity index (χ1v) is 10.7. The molecule has 4 heteroatoms. The molecular formula is C21H43NO3. The predicted molar refractivity (Wildman–Crippen MR) is 106 cm³/mol. The minimum Gasteiger partial charge on any atom is -0.390 e. The number of hydrogen-bond acceptors (Lipinski definition) is 3. The van der Waals surface area contributed by atoms with E-state index < -0.39 is 17.6 Å². The minimum absolute atomic E-state index is 0.498. The van der Waals surface area contributed by atoms with Crippen molar-refractivity contribution in [1.29, 1.82) is 0 Å². The van der Waals surface area contributed by atoms with Gasteiger partial charge >= 0.3 is 0 Å². The van der Waals surface area contributed by atoms with Gasteiger partial charge < -0.3 is 15.6 Å². The molecule has 25 heavy (non-hydrogen) atoms. The van der Waals surface area contributed by atoms with Crippen LogP contribution >= 0.6 is 0 Å². The summed E-state index contributed by atoms with van der Waals surface area (Å²) in [5.41, 5.74) is 4.53. The molecule has 150 valence electrons. The minimum atomic E-state index is -1.20. The number of nitrogens with two attached hydrogens (primary N) is 1. The smallest absolute Gasteiger partial charge is 0.252 e. The Morgan fingerprint density at radius 1 is 0.880 bits per heavy atom. The lowest BCUT2D eigenvalue weighted by Gasteiger charge is -2.35. The van der Waals surface area contributed by atoms with Crippen molar-refractivity contribution >= 4 is 5.91 Å². The van der Waals surface area contributed by atoms with Gasteiger partial charge in [-0.15, -0.1) is 0 Å². The number of carbonyl (C=O) groups excluding carboxylic acids is 1. The molecule has 2 atom stereocenters. The quantitative estimate of drug-likeness (QED) is 0.335. The van der Waals surface area contributed by atoms with Crippen molar-refractivity contribution in [1.82, 2.24) is 0 Å². The molecule has 0 fully saturated rings. The molecule has 4 nitrogen and oxygen atoms in total. The maximum absolute atomic E-state index is 12.3. The third-order valence-electron chi connectivity index (χ3n) is 5.05. The van der Waals surface area contributed by atoms with Crippen molar-refractivity contribution in [3.05, 3.63) is 0 Å². The number of carbonyl (C=O) groups is 1. The van der Waals surface area contributed by atoms with Crippen LogP contribution in [-0.2, 0) is 9.53 Å². The molecule has 0 aliphatic rings. The van der Waals surface area contributed by atoms with E-state index in [1.807, 2.05) is 0 Å². The molecule has 1 amide bonds. The molecule has 0 aliphatic heterocycles. The van der Waals surface area contributed by atoms with Gasteiger partial charge in [-0.25, -0.2) is 0 Å². The maximum Gasteiger partial charge on any atom is 0.252 e. The topological polar surface area (TPSA) is 72.5 Å². The number of aliphatic hydroxyl groups excluding tert-OH is 1. The van der Waals surface area contributed by atoms with Crippen LogP contribution in [0.25, 0.3) is 0 Å². The Kier molecular flexibility index (Phi) is 15.2. The van der Waals surface area contributed by atoms with Gasteiger partial charge in [-0.1, -0.05) is 85.0 Å². The molecule has 0 aromatic carbocycles. The highest BCUT2D eigenvalue weighted by molar-refractivity contribution is 5.84. The van der Waals surface area contributed by atoms with Gasteiger partial charge in [-0.05, 0) is 25.7 Å². The summed E-state index contributed by atoms with van der Waals surface area (Å²) in [4.78, 5) is 12.3. The Bertz CT molecular complexity index is 322. The van der Waals surface area contributed by atoms with Gasteiger partial charge in [0.1, 0.15) is 0 Å². The second kappa shape index (κ2) is 15.6. The summed E-state index contributed by atoms with van der Waals surface area (Å²) < 4.78 is 6.01. The molecule has 0 saturated carbocycles.